The summed E-state index contributed by atoms with van der Waals surface area (Å²) in [4.78, 5) is 11.7. The maximum absolute atomic E-state index is 11.7. The number of hydrogen-bond donors (Lipinski definition) is 3. The molecular weight excluding hydrogens is 304 g/mol. The fourth-order valence-corrected chi connectivity index (χ4v) is 3.89. The second-order valence-electron chi connectivity index (χ2n) is 7.27. The van der Waals surface area contributed by atoms with Crippen LogP contribution in [0, 0.1) is 17.8 Å². The van der Waals surface area contributed by atoms with Gasteiger partial charge in [0.15, 0.2) is 0 Å². The standard InChI is InChI=1S/C20H36O4/c1-3-5-7-9-16(21)13-11-15-12-14-18(22)19(15)17(20(23)24)10-8-6-4-2/h11,13,15-19,21-22H,3-10,12,14H2,1-2H3,(H,23,24)/t15-,16+,17?,18+,19+/m0/s1. The van der Waals surface area contributed by atoms with Gasteiger partial charge in [-0.25, -0.2) is 0 Å². The summed E-state index contributed by atoms with van der Waals surface area (Å²) < 4.78 is 0. The van der Waals surface area contributed by atoms with Crippen molar-refractivity contribution in [3.8, 4) is 0 Å². The van der Waals surface area contributed by atoms with Crippen LogP contribution in [0.2, 0.25) is 0 Å². The molecule has 0 aromatic rings. The Morgan fingerprint density at radius 2 is 1.71 bits per heavy atom. The van der Waals surface area contributed by atoms with Crippen molar-refractivity contribution < 1.29 is 20.1 Å². The molecule has 4 nitrogen and oxygen atoms in total. The Labute approximate surface area is 147 Å². The molecule has 140 valence electrons. The van der Waals surface area contributed by atoms with E-state index in [1.165, 1.54) is 0 Å². The molecule has 0 heterocycles. The van der Waals surface area contributed by atoms with Gasteiger partial charge in [0.2, 0.25) is 0 Å². The molecule has 1 saturated carbocycles. The Morgan fingerprint density at radius 1 is 1.08 bits per heavy atom. The lowest BCUT2D eigenvalue weighted by atomic mass is 9.79. The van der Waals surface area contributed by atoms with Crippen LogP contribution in [0.1, 0.15) is 78.1 Å². The van der Waals surface area contributed by atoms with Gasteiger partial charge >= 0.3 is 5.97 Å². The lowest BCUT2D eigenvalue weighted by molar-refractivity contribution is -0.146. The fourth-order valence-electron chi connectivity index (χ4n) is 3.89. The molecule has 0 aliphatic heterocycles. The summed E-state index contributed by atoms with van der Waals surface area (Å²) in [7, 11) is 0. The fraction of sp³-hybridized carbons (Fsp3) is 0.850. The molecule has 24 heavy (non-hydrogen) atoms. The smallest absolute Gasteiger partial charge is 0.306 e. The van der Waals surface area contributed by atoms with Crippen molar-refractivity contribution in [1.82, 2.24) is 0 Å². The van der Waals surface area contributed by atoms with Crippen LogP contribution >= 0.6 is 0 Å². The molecule has 1 aliphatic rings. The molecule has 1 aliphatic carbocycles. The maximum Gasteiger partial charge on any atom is 0.306 e. The van der Waals surface area contributed by atoms with Gasteiger partial charge in [0.1, 0.15) is 0 Å². The average molecular weight is 341 g/mol. The normalized spacial score (nSPS) is 26.8. The van der Waals surface area contributed by atoms with Crippen molar-refractivity contribution in [3.05, 3.63) is 12.2 Å². The molecule has 5 atom stereocenters. The third-order valence-corrected chi connectivity index (χ3v) is 5.32. The zero-order chi connectivity index (χ0) is 17.9. The summed E-state index contributed by atoms with van der Waals surface area (Å²) in [6, 6.07) is 0. The molecule has 0 saturated heterocycles. The van der Waals surface area contributed by atoms with E-state index in [1.807, 2.05) is 12.2 Å². The van der Waals surface area contributed by atoms with Crippen LogP contribution in [0.4, 0.5) is 0 Å². The van der Waals surface area contributed by atoms with Crippen LogP contribution in [0.5, 0.6) is 0 Å². The third-order valence-electron chi connectivity index (χ3n) is 5.32. The Hall–Kier alpha value is -0.870. The minimum atomic E-state index is -0.793. The van der Waals surface area contributed by atoms with Gasteiger partial charge in [-0.05, 0) is 31.6 Å². The molecule has 1 fully saturated rings. The second-order valence-corrected chi connectivity index (χ2v) is 7.27. The van der Waals surface area contributed by atoms with Crippen LogP contribution in [0.3, 0.4) is 0 Å². The molecule has 0 aromatic heterocycles. The van der Waals surface area contributed by atoms with E-state index in [0.717, 1.165) is 51.4 Å². The van der Waals surface area contributed by atoms with E-state index in [2.05, 4.69) is 13.8 Å². The monoisotopic (exact) mass is 340 g/mol. The minimum Gasteiger partial charge on any atom is -0.481 e. The zero-order valence-electron chi connectivity index (χ0n) is 15.4. The number of aliphatic carboxylic acids is 1. The van der Waals surface area contributed by atoms with Crippen molar-refractivity contribution in [1.29, 1.82) is 0 Å². The number of carbonyl (C=O) groups is 1. The molecule has 0 spiro atoms. The zero-order valence-corrected chi connectivity index (χ0v) is 15.4. The van der Waals surface area contributed by atoms with Crippen molar-refractivity contribution >= 4 is 5.97 Å². The lowest BCUT2D eigenvalue weighted by Crippen LogP contribution is -2.32. The van der Waals surface area contributed by atoms with Crippen LogP contribution < -0.4 is 0 Å². The quantitative estimate of drug-likeness (QED) is 0.368. The molecule has 0 radical (unpaired) electrons. The summed E-state index contributed by atoms with van der Waals surface area (Å²) in [5.74, 6) is -1.44. The first-order valence-corrected chi connectivity index (χ1v) is 9.78. The van der Waals surface area contributed by atoms with Gasteiger partial charge in [-0.2, -0.15) is 0 Å². The van der Waals surface area contributed by atoms with Gasteiger partial charge in [-0.1, -0.05) is 64.5 Å². The van der Waals surface area contributed by atoms with Crippen molar-refractivity contribution in [2.24, 2.45) is 17.8 Å². The average Bonchev–Trinajstić information content (AvgIpc) is 2.90. The SMILES string of the molecule is CCCCCC(C(=O)O)[C@@H]1[C@H](O)CC[C@@H]1C=C[C@H](O)CCCCC. The van der Waals surface area contributed by atoms with Crippen LogP contribution in [0.15, 0.2) is 12.2 Å². The lowest BCUT2D eigenvalue weighted by Gasteiger charge is -2.27. The highest BCUT2D eigenvalue weighted by Crippen LogP contribution is 2.40. The number of hydrogen-bond acceptors (Lipinski definition) is 3. The highest BCUT2D eigenvalue weighted by Gasteiger charge is 2.41. The Bertz CT molecular complexity index is 380. The molecule has 0 aromatic carbocycles. The Kier molecular flexibility index (Phi) is 10.3. The van der Waals surface area contributed by atoms with E-state index < -0.39 is 24.1 Å². The number of unbranched alkanes of at least 4 members (excludes halogenated alkanes) is 4. The van der Waals surface area contributed by atoms with Crippen LogP contribution in [-0.4, -0.2) is 33.5 Å². The molecule has 1 rings (SSSR count). The molecule has 0 amide bonds. The molecular formula is C20H36O4. The first kappa shape index (κ1) is 21.2. The second kappa shape index (κ2) is 11.6. The molecule has 4 heteroatoms. The number of allylic oxidation sites excluding steroid dienone is 1. The maximum atomic E-state index is 11.7. The summed E-state index contributed by atoms with van der Waals surface area (Å²) in [5, 5.41) is 30.0. The predicted octanol–water partition coefficient (Wildman–Crippen LogP) is 4.15. The van der Waals surface area contributed by atoms with Gasteiger partial charge < -0.3 is 15.3 Å². The van der Waals surface area contributed by atoms with E-state index in [9.17, 15) is 20.1 Å². The number of carboxylic acid groups (broad SMARTS) is 1. The summed E-state index contributed by atoms with van der Waals surface area (Å²) in [6.07, 6.45) is 11.9. The van der Waals surface area contributed by atoms with Crippen LogP contribution in [0.25, 0.3) is 0 Å². The number of aliphatic hydroxyl groups excluding tert-OH is 2. The topological polar surface area (TPSA) is 77.8 Å². The first-order chi connectivity index (χ1) is 11.5. The van der Waals surface area contributed by atoms with Crippen LogP contribution in [-0.2, 0) is 4.79 Å². The minimum absolute atomic E-state index is 0.0588. The van der Waals surface area contributed by atoms with E-state index in [0.29, 0.717) is 12.8 Å². The summed E-state index contributed by atoms with van der Waals surface area (Å²) in [6.45, 7) is 4.24. The van der Waals surface area contributed by atoms with Gasteiger partial charge in [0, 0.05) is 5.92 Å². The van der Waals surface area contributed by atoms with Gasteiger partial charge in [0.25, 0.3) is 0 Å². The number of aliphatic hydroxyl groups is 2. The molecule has 0 bridgehead atoms. The van der Waals surface area contributed by atoms with Crippen molar-refractivity contribution in [3.63, 3.8) is 0 Å². The van der Waals surface area contributed by atoms with Gasteiger partial charge in [-0.3, -0.25) is 4.79 Å². The largest absolute Gasteiger partial charge is 0.481 e. The number of rotatable bonds is 12. The van der Waals surface area contributed by atoms with Crippen molar-refractivity contribution in [2.45, 2.75) is 90.3 Å². The predicted molar refractivity (Wildman–Crippen MR) is 96.8 cm³/mol. The van der Waals surface area contributed by atoms with Gasteiger partial charge in [0.05, 0.1) is 18.1 Å². The number of carboxylic acids is 1. The first-order valence-electron chi connectivity index (χ1n) is 9.78. The van der Waals surface area contributed by atoms with E-state index in [4.69, 9.17) is 0 Å². The molecule has 1 unspecified atom stereocenters. The van der Waals surface area contributed by atoms with E-state index in [-0.39, 0.29) is 11.8 Å². The summed E-state index contributed by atoms with van der Waals surface area (Å²) >= 11 is 0. The van der Waals surface area contributed by atoms with E-state index in [1.54, 1.807) is 0 Å². The Morgan fingerprint density at radius 3 is 2.29 bits per heavy atom. The highest BCUT2D eigenvalue weighted by atomic mass is 16.4. The molecule has 3 N–H and O–H groups in total. The Balaban J connectivity index is 2.65. The highest BCUT2D eigenvalue weighted by molar-refractivity contribution is 5.70. The van der Waals surface area contributed by atoms with Crippen molar-refractivity contribution in [2.75, 3.05) is 0 Å². The summed E-state index contributed by atoms with van der Waals surface area (Å²) in [5.41, 5.74) is 0. The third kappa shape index (κ3) is 6.94. The van der Waals surface area contributed by atoms with Gasteiger partial charge in [-0.15, -0.1) is 0 Å². The van der Waals surface area contributed by atoms with E-state index >= 15 is 0 Å².